The molecule has 1 aromatic heterocycles. The molecule has 4 atom stereocenters. The van der Waals surface area contributed by atoms with Gasteiger partial charge in [0.15, 0.2) is 5.78 Å². The number of carbonyl (C=O) groups is 2. The van der Waals surface area contributed by atoms with E-state index in [1.54, 1.807) is 14.0 Å². The summed E-state index contributed by atoms with van der Waals surface area (Å²) in [5.74, 6) is 1.98. The van der Waals surface area contributed by atoms with Gasteiger partial charge >= 0.3 is 0 Å². The summed E-state index contributed by atoms with van der Waals surface area (Å²) >= 11 is 0. The van der Waals surface area contributed by atoms with E-state index < -0.39 is 5.41 Å². The van der Waals surface area contributed by atoms with Crippen LogP contribution < -0.4 is 4.74 Å². The number of fused-ring (bicyclic) bond motifs is 9. The Balaban J connectivity index is 1.35. The lowest BCUT2D eigenvalue weighted by atomic mass is 9.81. The zero-order valence-electron chi connectivity index (χ0n) is 24.6. The fourth-order valence-electron chi connectivity index (χ4n) is 9.20. The number of rotatable bonds is 4. The number of amides is 1. The van der Waals surface area contributed by atoms with Crippen molar-refractivity contribution in [1.82, 2.24) is 14.4 Å². The molecule has 4 heterocycles. The van der Waals surface area contributed by atoms with E-state index in [1.165, 1.54) is 59.9 Å². The lowest BCUT2D eigenvalue weighted by Crippen LogP contribution is -2.57. The highest BCUT2D eigenvalue weighted by Gasteiger charge is 2.65. The molecule has 0 radical (unpaired) electrons. The predicted octanol–water partition coefficient (Wildman–Crippen LogP) is 6.36. The van der Waals surface area contributed by atoms with Gasteiger partial charge in [0.05, 0.1) is 18.2 Å². The number of Topliss-reactive ketones (excluding diaryl/α,β-unsaturated/α-hetero) is 1. The molecule has 2 saturated heterocycles. The molecule has 41 heavy (non-hydrogen) atoms. The Morgan fingerprint density at radius 1 is 0.951 bits per heavy atom. The minimum atomic E-state index is -0.453. The average molecular weight is 552 g/mol. The van der Waals surface area contributed by atoms with Gasteiger partial charge < -0.3 is 19.1 Å². The van der Waals surface area contributed by atoms with Crippen molar-refractivity contribution >= 4 is 22.6 Å². The van der Waals surface area contributed by atoms with E-state index in [0.29, 0.717) is 30.5 Å². The molecule has 3 aromatic rings. The lowest BCUT2D eigenvalue weighted by Gasteiger charge is -2.41. The van der Waals surface area contributed by atoms with Gasteiger partial charge in [-0.3, -0.25) is 9.59 Å². The number of ketones is 1. The number of hydrogen-bond acceptors (Lipinski definition) is 4. The monoisotopic (exact) mass is 551 g/mol. The number of piperazine rings is 1. The molecular formula is C35H41N3O3. The highest BCUT2D eigenvalue weighted by Crippen LogP contribution is 2.66. The zero-order chi connectivity index (χ0) is 28.0. The molecule has 4 unspecified atom stereocenters. The van der Waals surface area contributed by atoms with E-state index in [1.807, 2.05) is 6.07 Å². The van der Waals surface area contributed by atoms with Crippen molar-refractivity contribution in [2.45, 2.75) is 88.8 Å². The van der Waals surface area contributed by atoms with Gasteiger partial charge in [0.2, 0.25) is 5.91 Å². The van der Waals surface area contributed by atoms with Gasteiger partial charge in [0, 0.05) is 59.7 Å². The molecule has 6 heteroatoms. The maximum atomic E-state index is 14.8. The van der Waals surface area contributed by atoms with Crippen LogP contribution in [-0.2, 0) is 11.3 Å². The van der Waals surface area contributed by atoms with E-state index in [9.17, 15) is 9.59 Å². The Bertz CT molecular complexity index is 1570. The Morgan fingerprint density at radius 3 is 2.41 bits per heavy atom. The van der Waals surface area contributed by atoms with Crippen LogP contribution in [0.25, 0.3) is 22.2 Å². The van der Waals surface area contributed by atoms with Crippen LogP contribution in [0.2, 0.25) is 0 Å². The Morgan fingerprint density at radius 2 is 1.71 bits per heavy atom. The predicted molar refractivity (Wildman–Crippen MR) is 161 cm³/mol. The quantitative estimate of drug-likeness (QED) is 0.354. The number of aromatic nitrogens is 1. The first-order chi connectivity index (χ1) is 19.9. The summed E-state index contributed by atoms with van der Waals surface area (Å²) in [4.78, 5) is 32.1. The van der Waals surface area contributed by atoms with E-state index in [0.717, 1.165) is 49.2 Å². The van der Waals surface area contributed by atoms with Gasteiger partial charge in [0.1, 0.15) is 5.75 Å². The van der Waals surface area contributed by atoms with E-state index >= 15 is 0 Å². The molecule has 8 rings (SSSR count). The molecule has 6 nitrogen and oxygen atoms in total. The van der Waals surface area contributed by atoms with Crippen LogP contribution in [0.15, 0.2) is 36.4 Å². The maximum Gasteiger partial charge on any atom is 0.231 e. The minimum absolute atomic E-state index is 0.0875. The van der Waals surface area contributed by atoms with Gasteiger partial charge in [0.25, 0.3) is 0 Å². The molecule has 0 spiro atoms. The smallest absolute Gasteiger partial charge is 0.231 e. The highest BCUT2D eigenvalue weighted by molar-refractivity contribution is 6.02. The largest absolute Gasteiger partial charge is 0.497 e. The van der Waals surface area contributed by atoms with Crippen molar-refractivity contribution in [3.05, 3.63) is 53.1 Å². The second kappa shape index (κ2) is 9.19. The number of methoxy groups -OCH3 is 1. The van der Waals surface area contributed by atoms with Gasteiger partial charge in [-0.25, -0.2) is 0 Å². The van der Waals surface area contributed by atoms with E-state index in [2.05, 4.69) is 51.7 Å². The summed E-state index contributed by atoms with van der Waals surface area (Å²) in [6.45, 7) is 4.28. The van der Waals surface area contributed by atoms with Crippen molar-refractivity contribution in [3.63, 3.8) is 0 Å². The molecule has 3 aliphatic heterocycles. The third-order valence-corrected chi connectivity index (χ3v) is 11.3. The number of likely N-dealkylation sites (tertiary alicyclic amines) is 1. The summed E-state index contributed by atoms with van der Waals surface area (Å²) in [5, 5.41) is 1.26. The fraction of sp³-hybridized carbons (Fsp3) is 0.543. The standard InChI is InChI=1S/C35H41N3O3/c1-21(39)23-9-13-28-31(15-23)37-20-35(34(40)38-24-10-11-25(38)19-36(2)18-24)17-30(35)29-16-26(41-3)12-14-27(29)33(37)32(28)22-7-5-4-6-8-22/h9,12-16,22,24-25,30H,4-8,10-11,17-20H2,1-3H3. The van der Waals surface area contributed by atoms with Gasteiger partial charge in [-0.15, -0.1) is 0 Å². The minimum Gasteiger partial charge on any atom is -0.497 e. The second-order valence-electron chi connectivity index (χ2n) is 13.7. The first kappa shape index (κ1) is 25.6. The second-order valence-corrected chi connectivity index (χ2v) is 13.7. The Labute approximate surface area is 242 Å². The van der Waals surface area contributed by atoms with Crippen LogP contribution in [0.5, 0.6) is 5.75 Å². The first-order valence-corrected chi connectivity index (χ1v) is 15.8. The maximum absolute atomic E-state index is 14.8. The number of ether oxygens (including phenoxy) is 1. The van der Waals surface area contributed by atoms with Gasteiger partial charge in [-0.2, -0.15) is 0 Å². The summed E-state index contributed by atoms with van der Waals surface area (Å²) in [5.41, 5.74) is 6.66. The van der Waals surface area contributed by atoms with Crippen molar-refractivity contribution < 1.29 is 14.3 Å². The van der Waals surface area contributed by atoms with Crippen molar-refractivity contribution in [1.29, 1.82) is 0 Å². The number of benzene rings is 2. The molecule has 5 aliphatic rings. The molecule has 2 bridgehead atoms. The first-order valence-electron chi connectivity index (χ1n) is 15.8. The SMILES string of the molecule is COc1ccc2c(c1)C1CC1(C(=O)N1C3CCC1CN(C)C3)Cn1c-2c(C2CCCCC2)c2ccc(C(C)=O)cc21. The normalized spacial score (nSPS) is 29.0. The molecule has 2 aromatic carbocycles. The fourth-order valence-corrected chi connectivity index (χ4v) is 9.20. The number of likely N-dealkylation sites (N-methyl/N-ethyl adjacent to an activating group) is 1. The van der Waals surface area contributed by atoms with Crippen LogP contribution in [0, 0.1) is 5.41 Å². The molecule has 2 saturated carbocycles. The molecule has 2 aliphatic carbocycles. The van der Waals surface area contributed by atoms with Crippen LogP contribution in [0.4, 0.5) is 0 Å². The highest BCUT2D eigenvalue weighted by atomic mass is 16.5. The van der Waals surface area contributed by atoms with E-state index in [-0.39, 0.29) is 11.7 Å². The van der Waals surface area contributed by atoms with Crippen LogP contribution in [0.1, 0.15) is 91.6 Å². The zero-order valence-corrected chi connectivity index (χ0v) is 24.6. The van der Waals surface area contributed by atoms with Crippen molar-refractivity contribution in [3.8, 4) is 17.0 Å². The molecule has 4 fully saturated rings. The molecule has 1 amide bonds. The number of hydrogen-bond donors (Lipinski definition) is 0. The third-order valence-electron chi connectivity index (χ3n) is 11.3. The number of nitrogens with zero attached hydrogens (tertiary/aromatic N) is 3. The van der Waals surface area contributed by atoms with E-state index in [4.69, 9.17) is 4.74 Å². The molecule has 0 N–H and O–H groups in total. The van der Waals surface area contributed by atoms with Crippen LogP contribution >= 0.6 is 0 Å². The number of carbonyl (C=O) groups excluding carboxylic acids is 2. The summed E-state index contributed by atoms with van der Waals surface area (Å²) in [6.07, 6.45) is 9.31. The molecule has 214 valence electrons. The van der Waals surface area contributed by atoms with Crippen molar-refractivity contribution in [2.24, 2.45) is 5.41 Å². The van der Waals surface area contributed by atoms with Crippen LogP contribution in [0.3, 0.4) is 0 Å². The summed E-state index contributed by atoms with van der Waals surface area (Å²) in [6, 6.07) is 13.5. The lowest BCUT2D eigenvalue weighted by molar-refractivity contribution is -0.143. The summed E-state index contributed by atoms with van der Waals surface area (Å²) < 4.78 is 8.22. The van der Waals surface area contributed by atoms with Gasteiger partial charge in [-0.05, 0) is 87.4 Å². The third kappa shape index (κ3) is 3.72. The summed E-state index contributed by atoms with van der Waals surface area (Å²) in [7, 11) is 3.93. The topological polar surface area (TPSA) is 54.8 Å². The average Bonchev–Trinajstić information content (AvgIpc) is 3.57. The van der Waals surface area contributed by atoms with Crippen LogP contribution in [-0.4, -0.2) is 65.4 Å². The molecular weight excluding hydrogens is 510 g/mol. The Hall–Kier alpha value is -3.12. The van der Waals surface area contributed by atoms with Crippen molar-refractivity contribution in [2.75, 3.05) is 27.2 Å². The Kier molecular flexibility index (Phi) is 5.73. The van der Waals surface area contributed by atoms with Gasteiger partial charge in [-0.1, -0.05) is 31.4 Å².